The molecule has 0 spiro atoms. The van der Waals surface area contributed by atoms with Crippen LogP contribution in [-0.2, 0) is 21.2 Å². The third kappa shape index (κ3) is 3.93. The van der Waals surface area contributed by atoms with Gasteiger partial charge in [-0.2, -0.15) is 0 Å². The average Bonchev–Trinajstić information content (AvgIpc) is 2.87. The van der Waals surface area contributed by atoms with Gasteiger partial charge in [-0.25, -0.2) is 8.42 Å². The Kier molecular flexibility index (Phi) is 4.99. The van der Waals surface area contributed by atoms with E-state index in [1.807, 2.05) is 6.92 Å². The molecule has 118 valence electrons. The van der Waals surface area contributed by atoms with E-state index in [9.17, 15) is 13.2 Å². The van der Waals surface area contributed by atoms with Gasteiger partial charge in [-0.05, 0) is 24.6 Å². The van der Waals surface area contributed by atoms with Gasteiger partial charge in [-0.1, -0.05) is 29.9 Å². The molecule has 0 unspecified atom stereocenters. The second-order valence-corrected chi connectivity index (χ2v) is 7.43. The molecule has 7 nitrogen and oxygen atoms in total. The van der Waals surface area contributed by atoms with Gasteiger partial charge in [0.1, 0.15) is 5.01 Å². The Hall–Kier alpha value is -1.71. The van der Waals surface area contributed by atoms with Crippen molar-refractivity contribution in [1.29, 1.82) is 0 Å². The third-order valence-electron chi connectivity index (χ3n) is 2.55. The topological polar surface area (TPSA) is 101 Å². The fourth-order valence-corrected chi connectivity index (χ4v) is 3.79. The zero-order chi connectivity index (χ0) is 16.3. The van der Waals surface area contributed by atoms with E-state index in [-0.39, 0.29) is 21.0 Å². The molecule has 0 saturated heterocycles. The molecule has 0 aliphatic carbocycles. The quantitative estimate of drug-likeness (QED) is 0.853. The summed E-state index contributed by atoms with van der Waals surface area (Å²) in [6, 6.07) is 4.04. The summed E-state index contributed by atoms with van der Waals surface area (Å²) in [6.45, 7) is 3.24. The van der Waals surface area contributed by atoms with Gasteiger partial charge in [0.05, 0.1) is 15.6 Å². The Morgan fingerprint density at radius 1 is 1.36 bits per heavy atom. The minimum absolute atomic E-state index is 0.0279. The molecule has 22 heavy (non-hydrogen) atoms. The Morgan fingerprint density at radius 3 is 2.64 bits per heavy atom. The van der Waals surface area contributed by atoms with Crippen molar-refractivity contribution in [2.45, 2.75) is 25.2 Å². The second kappa shape index (κ2) is 6.59. The molecule has 1 amide bonds. The van der Waals surface area contributed by atoms with Crippen LogP contribution >= 0.6 is 22.9 Å². The van der Waals surface area contributed by atoms with Crippen molar-refractivity contribution in [1.82, 2.24) is 10.2 Å². The Balaban J connectivity index is 2.25. The number of aryl methyl sites for hydroxylation is 1. The number of amides is 1. The predicted octanol–water partition coefficient (Wildman–Crippen LogP) is 2.51. The number of nitrogens with zero attached hydrogens (tertiary/aromatic N) is 2. The van der Waals surface area contributed by atoms with Crippen LogP contribution in [-0.4, -0.2) is 24.5 Å². The molecule has 0 radical (unpaired) electrons. The molecule has 0 atom stereocenters. The first-order chi connectivity index (χ1) is 10.3. The molecular formula is C12H13ClN4O3S2. The first-order valence-corrected chi connectivity index (χ1v) is 8.92. The van der Waals surface area contributed by atoms with Crippen LogP contribution in [0.4, 0.5) is 10.8 Å². The lowest BCUT2D eigenvalue weighted by Gasteiger charge is -2.08. The molecule has 2 rings (SSSR count). The SMILES string of the molecule is CCc1nnc(NS(=O)(=O)c2ccc(NC(C)=O)c(Cl)c2)s1. The number of anilines is 2. The molecule has 2 N–H and O–H groups in total. The van der Waals surface area contributed by atoms with Crippen molar-refractivity contribution in [2.24, 2.45) is 0 Å². The van der Waals surface area contributed by atoms with Crippen LogP contribution in [0.3, 0.4) is 0 Å². The van der Waals surface area contributed by atoms with E-state index < -0.39 is 10.0 Å². The zero-order valence-electron chi connectivity index (χ0n) is 11.8. The zero-order valence-corrected chi connectivity index (χ0v) is 14.1. The van der Waals surface area contributed by atoms with Crippen LogP contribution in [0, 0.1) is 0 Å². The van der Waals surface area contributed by atoms with E-state index in [4.69, 9.17) is 11.6 Å². The largest absolute Gasteiger partial charge is 0.325 e. The van der Waals surface area contributed by atoms with E-state index in [1.165, 1.54) is 36.5 Å². The Labute approximate surface area is 136 Å². The number of hydrogen-bond acceptors (Lipinski definition) is 6. The van der Waals surface area contributed by atoms with E-state index in [0.29, 0.717) is 12.1 Å². The minimum atomic E-state index is -3.82. The molecule has 1 aromatic carbocycles. The fraction of sp³-hybridized carbons (Fsp3) is 0.250. The molecular weight excluding hydrogens is 348 g/mol. The monoisotopic (exact) mass is 360 g/mol. The van der Waals surface area contributed by atoms with Crippen LogP contribution in [0.1, 0.15) is 18.9 Å². The van der Waals surface area contributed by atoms with Crippen molar-refractivity contribution in [3.8, 4) is 0 Å². The second-order valence-electron chi connectivity index (χ2n) is 4.28. The summed E-state index contributed by atoms with van der Waals surface area (Å²) in [6.07, 6.45) is 0.677. The van der Waals surface area contributed by atoms with Crippen molar-refractivity contribution in [2.75, 3.05) is 10.0 Å². The first-order valence-electron chi connectivity index (χ1n) is 6.24. The van der Waals surface area contributed by atoms with Gasteiger partial charge < -0.3 is 5.32 Å². The number of benzene rings is 1. The summed E-state index contributed by atoms with van der Waals surface area (Å²) in [5.41, 5.74) is 0.345. The highest BCUT2D eigenvalue weighted by atomic mass is 35.5. The summed E-state index contributed by atoms with van der Waals surface area (Å²) in [5.74, 6) is -0.295. The molecule has 1 aromatic heterocycles. The molecule has 0 saturated carbocycles. The fourth-order valence-electron chi connectivity index (χ4n) is 1.57. The van der Waals surface area contributed by atoms with Crippen LogP contribution < -0.4 is 10.0 Å². The summed E-state index contributed by atoms with van der Waals surface area (Å²) in [7, 11) is -3.82. The number of halogens is 1. The number of nitrogens with one attached hydrogen (secondary N) is 2. The lowest BCUT2D eigenvalue weighted by atomic mass is 10.3. The number of carbonyl (C=O) groups is 1. The molecule has 2 aromatic rings. The molecule has 0 aliphatic heterocycles. The summed E-state index contributed by atoms with van der Waals surface area (Å²) in [4.78, 5) is 11.0. The molecule has 0 aliphatic rings. The standard InChI is InChI=1S/C12H13ClN4O3S2/c1-3-11-15-16-12(21-11)17-22(19,20)8-4-5-10(9(13)6-8)14-7(2)18/h4-6H,3H2,1-2H3,(H,14,18)(H,16,17). The van der Waals surface area contributed by atoms with E-state index in [1.54, 1.807) is 0 Å². The highest BCUT2D eigenvalue weighted by Crippen LogP contribution is 2.27. The smallest absolute Gasteiger partial charge is 0.263 e. The predicted molar refractivity (Wildman–Crippen MR) is 85.9 cm³/mol. The summed E-state index contributed by atoms with van der Waals surface area (Å²) >= 11 is 7.14. The van der Waals surface area contributed by atoms with E-state index >= 15 is 0 Å². The summed E-state index contributed by atoms with van der Waals surface area (Å²) < 4.78 is 26.9. The van der Waals surface area contributed by atoms with Crippen molar-refractivity contribution < 1.29 is 13.2 Å². The maximum Gasteiger partial charge on any atom is 0.263 e. The van der Waals surface area contributed by atoms with E-state index in [2.05, 4.69) is 20.2 Å². The Morgan fingerprint density at radius 2 is 2.09 bits per heavy atom. The maximum atomic E-state index is 12.3. The van der Waals surface area contributed by atoms with Crippen molar-refractivity contribution in [3.63, 3.8) is 0 Å². The van der Waals surface area contributed by atoms with Gasteiger partial charge in [-0.15, -0.1) is 10.2 Å². The molecule has 1 heterocycles. The number of aromatic nitrogens is 2. The van der Waals surface area contributed by atoms with Crippen LogP contribution in [0.25, 0.3) is 0 Å². The van der Waals surface area contributed by atoms with Gasteiger partial charge in [0.25, 0.3) is 10.0 Å². The Bertz CT molecular complexity index is 804. The van der Waals surface area contributed by atoms with Gasteiger partial charge in [0.15, 0.2) is 0 Å². The van der Waals surface area contributed by atoms with Gasteiger partial charge in [0.2, 0.25) is 11.0 Å². The van der Waals surface area contributed by atoms with Crippen LogP contribution in [0.5, 0.6) is 0 Å². The summed E-state index contributed by atoms with van der Waals surface area (Å²) in [5, 5.41) is 11.2. The van der Waals surface area contributed by atoms with Gasteiger partial charge >= 0.3 is 0 Å². The number of carbonyl (C=O) groups excluding carboxylic acids is 1. The average molecular weight is 361 g/mol. The highest BCUT2D eigenvalue weighted by Gasteiger charge is 2.18. The first kappa shape index (κ1) is 16.7. The van der Waals surface area contributed by atoms with Gasteiger partial charge in [0, 0.05) is 6.92 Å². The lowest BCUT2D eigenvalue weighted by molar-refractivity contribution is -0.114. The third-order valence-corrected chi connectivity index (χ3v) is 5.31. The van der Waals surface area contributed by atoms with Gasteiger partial charge in [-0.3, -0.25) is 9.52 Å². The van der Waals surface area contributed by atoms with E-state index in [0.717, 1.165) is 5.01 Å². The van der Waals surface area contributed by atoms with Crippen molar-refractivity contribution >= 4 is 49.7 Å². The molecule has 10 heteroatoms. The molecule has 0 fully saturated rings. The molecule has 0 bridgehead atoms. The number of sulfonamides is 1. The highest BCUT2D eigenvalue weighted by molar-refractivity contribution is 7.93. The lowest BCUT2D eigenvalue weighted by Crippen LogP contribution is -2.13. The van der Waals surface area contributed by atoms with Crippen molar-refractivity contribution in [3.05, 3.63) is 28.2 Å². The normalized spacial score (nSPS) is 11.2. The van der Waals surface area contributed by atoms with Crippen LogP contribution in [0.2, 0.25) is 5.02 Å². The van der Waals surface area contributed by atoms with Crippen LogP contribution in [0.15, 0.2) is 23.1 Å². The number of hydrogen-bond donors (Lipinski definition) is 2. The number of rotatable bonds is 5. The minimum Gasteiger partial charge on any atom is -0.325 e. The maximum absolute atomic E-state index is 12.3.